The Morgan fingerprint density at radius 3 is 2.46 bits per heavy atom. The van der Waals surface area contributed by atoms with Crippen LogP contribution in [0.5, 0.6) is 11.5 Å². The molecule has 3 aromatic rings. The Morgan fingerprint density at radius 2 is 1.73 bits per heavy atom. The zero-order chi connectivity index (χ0) is 18.5. The zero-order valence-electron chi connectivity index (χ0n) is 13.9. The van der Waals surface area contributed by atoms with Crippen LogP contribution in [-0.4, -0.2) is 23.2 Å². The largest absolute Gasteiger partial charge is 0.507 e. The molecule has 0 aliphatic carbocycles. The Labute approximate surface area is 155 Å². The van der Waals surface area contributed by atoms with Crippen LogP contribution >= 0.6 is 12.2 Å². The van der Waals surface area contributed by atoms with E-state index in [1.165, 1.54) is 0 Å². The van der Waals surface area contributed by atoms with Crippen molar-refractivity contribution in [1.82, 2.24) is 10.9 Å². The Kier molecular flexibility index (Phi) is 5.19. The number of rotatable bonds is 3. The van der Waals surface area contributed by atoms with Crippen molar-refractivity contribution in [1.29, 1.82) is 0 Å². The van der Waals surface area contributed by atoms with E-state index in [9.17, 15) is 9.90 Å². The van der Waals surface area contributed by atoms with Crippen molar-refractivity contribution >= 4 is 39.7 Å². The smallest absolute Gasteiger partial charge is 0.273 e. The predicted octanol–water partition coefficient (Wildman–Crippen LogP) is 3.19. The summed E-state index contributed by atoms with van der Waals surface area (Å²) >= 11 is 5.15. The minimum atomic E-state index is -0.497. The molecule has 0 saturated carbocycles. The first-order chi connectivity index (χ1) is 12.6. The average molecular weight is 367 g/mol. The summed E-state index contributed by atoms with van der Waals surface area (Å²) in [6, 6.07) is 17.9. The number of ether oxygens (including phenoxy) is 1. The number of amides is 1. The van der Waals surface area contributed by atoms with E-state index in [1.807, 2.05) is 42.5 Å². The van der Waals surface area contributed by atoms with Gasteiger partial charge in [-0.2, -0.15) is 0 Å². The lowest BCUT2D eigenvalue weighted by Crippen LogP contribution is -2.43. The van der Waals surface area contributed by atoms with Crippen molar-refractivity contribution in [3.63, 3.8) is 0 Å². The highest BCUT2D eigenvalue weighted by Gasteiger charge is 2.12. The van der Waals surface area contributed by atoms with Crippen LogP contribution in [0.4, 0.5) is 5.69 Å². The lowest BCUT2D eigenvalue weighted by Gasteiger charge is -2.13. The second-order valence-electron chi connectivity index (χ2n) is 5.48. The molecule has 1 amide bonds. The third kappa shape index (κ3) is 4.01. The number of benzene rings is 3. The number of fused-ring (bicyclic) bond motifs is 1. The van der Waals surface area contributed by atoms with E-state index in [-0.39, 0.29) is 16.4 Å². The van der Waals surface area contributed by atoms with Gasteiger partial charge in [0.1, 0.15) is 11.5 Å². The second-order valence-corrected chi connectivity index (χ2v) is 5.89. The molecule has 6 nitrogen and oxygen atoms in total. The molecule has 7 heteroatoms. The van der Waals surface area contributed by atoms with Crippen LogP contribution in [0, 0.1) is 0 Å². The van der Waals surface area contributed by atoms with Crippen LogP contribution in [0.15, 0.2) is 60.7 Å². The summed E-state index contributed by atoms with van der Waals surface area (Å²) in [5.41, 5.74) is 5.95. The summed E-state index contributed by atoms with van der Waals surface area (Å²) < 4.78 is 5.14. The first-order valence-corrected chi connectivity index (χ1v) is 8.21. The summed E-state index contributed by atoms with van der Waals surface area (Å²) in [5, 5.41) is 14.9. The minimum Gasteiger partial charge on any atom is -0.507 e. The van der Waals surface area contributed by atoms with Crippen LogP contribution in [0.1, 0.15) is 10.4 Å². The van der Waals surface area contributed by atoms with Gasteiger partial charge in [-0.25, -0.2) is 0 Å². The number of phenolic OH excluding ortho intramolecular Hbond substituents is 1. The number of hydrogen-bond acceptors (Lipinski definition) is 4. The molecule has 4 N–H and O–H groups in total. The van der Waals surface area contributed by atoms with Gasteiger partial charge in [0.25, 0.3) is 5.91 Å². The number of hydrazine groups is 1. The summed E-state index contributed by atoms with van der Waals surface area (Å²) in [7, 11) is 1.58. The van der Waals surface area contributed by atoms with Crippen molar-refractivity contribution in [3.8, 4) is 11.5 Å². The molecule has 0 aliphatic heterocycles. The molecule has 0 saturated heterocycles. The number of nitrogens with one attached hydrogen (secondary N) is 3. The molecule has 0 atom stereocenters. The number of methoxy groups -OCH3 is 1. The molecule has 0 unspecified atom stereocenters. The van der Waals surface area contributed by atoms with Gasteiger partial charge in [0.05, 0.1) is 12.7 Å². The molecule has 0 aromatic heterocycles. The third-order valence-electron chi connectivity index (χ3n) is 3.73. The maximum absolute atomic E-state index is 12.3. The SMILES string of the molecule is COc1cccc(NC(=S)NNC(=O)c2cc3ccccc3cc2O)c1. The number of aromatic hydroxyl groups is 1. The van der Waals surface area contributed by atoms with Gasteiger partial charge in [-0.15, -0.1) is 0 Å². The molecule has 0 bridgehead atoms. The molecule has 26 heavy (non-hydrogen) atoms. The molecule has 0 fully saturated rings. The van der Waals surface area contributed by atoms with Gasteiger partial charge >= 0.3 is 0 Å². The van der Waals surface area contributed by atoms with Gasteiger partial charge in [0.2, 0.25) is 0 Å². The number of hydrogen-bond donors (Lipinski definition) is 4. The quantitative estimate of drug-likeness (QED) is 0.420. The Balaban J connectivity index is 1.64. The van der Waals surface area contributed by atoms with Crippen LogP contribution < -0.4 is 20.9 Å². The number of phenols is 1. The highest BCUT2D eigenvalue weighted by molar-refractivity contribution is 7.80. The maximum atomic E-state index is 12.3. The van der Waals surface area contributed by atoms with Gasteiger partial charge in [-0.1, -0.05) is 30.3 Å². The van der Waals surface area contributed by atoms with Gasteiger partial charge in [-0.05, 0) is 47.3 Å². The van der Waals surface area contributed by atoms with Crippen LogP contribution in [-0.2, 0) is 0 Å². The molecule has 3 aromatic carbocycles. The van der Waals surface area contributed by atoms with Gasteiger partial charge in [0, 0.05) is 11.8 Å². The first-order valence-electron chi connectivity index (χ1n) is 7.80. The lowest BCUT2D eigenvalue weighted by molar-refractivity contribution is 0.0941. The molecule has 3 rings (SSSR count). The normalized spacial score (nSPS) is 10.2. The topological polar surface area (TPSA) is 82.6 Å². The van der Waals surface area contributed by atoms with E-state index in [4.69, 9.17) is 17.0 Å². The predicted molar refractivity (Wildman–Crippen MR) is 105 cm³/mol. The third-order valence-corrected chi connectivity index (χ3v) is 3.93. The molecule has 0 aliphatic rings. The van der Waals surface area contributed by atoms with Crippen molar-refractivity contribution in [2.45, 2.75) is 0 Å². The van der Waals surface area contributed by atoms with Crippen molar-refractivity contribution in [3.05, 3.63) is 66.2 Å². The minimum absolute atomic E-state index is 0.102. The van der Waals surface area contributed by atoms with E-state index in [0.717, 1.165) is 10.8 Å². The zero-order valence-corrected chi connectivity index (χ0v) is 14.8. The summed E-state index contributed by atoms with van der Waals surface area (Å²) in [6.07, 6.45) is 0. The van der Waals surface area contributed by atoms with E-state index in [0.29, 0.717) is 11.4 Å². The van der Waals surface area contributed by atoms with Crippen molar-refractivity contribution < 1.29 is 14.6 Å². The van der Waals surface area contributed by atoms with Crippen LogP contribution in [0.2, 0.25) is 0 Å². The molecular weight excluding hydrogens is 350 g/mol. The summed E-state index contributed by atoms with van der Waals surface area (Å²) in [6.45, 7) is 0. The summed E-state index contributed by atoms with van der Waals surface area (Å²) in [5.74, 6) is 0.0839. The van der Waals surface area contributed by atoms with Crippen LogP contribution in [0.3, 0.4) is 0 Å². The lowest BCUT2D eigenvalue weighted by atomic mass is 10.1. The standard InChI is InChI=1S/C19H17N3O3S/c1-25-15-8-4-7-14(11-15)20-19(26)22-21-18(24)16-9-12-5-2-3-6-13(12)10-17(16)23/h2-11,23H,1H3,(H,21,24)(H2,20,22,26). The van der Waals surface area contributed by atoms with Crippen molar-refractivity contribution in [2.24, 2.45) is 0 Å². The van der Waals surface area contributed by atoms with Gasteiger partial charge in [0.15, 0.2) is 5.11 Å². The number of carbonyl (C=O) groups excluding carboxylic acids is 1. The highest BCUT2D eigenvalue weighted by atomic mass is 32.1. The average Bonchev–Trinajstić information content (AvgIpc) is 2.65. The molecule has 0 heterocycles. The fourth-order valence-electron chi connectivity index (χ4n) is 2.45. The first kappa shape index (κ1) is 17.5. The molecule has 0 radical (unpaired) electrons. The Morgan fingerprint density at radius 1 is 1.00 bits per heavy atom. The molecular formula is C19H17N3O3S. The van der Waals surface area contributed by atoms with Crippen LogP contribution in [0.25, 0.3) is 10.8 Å². The van der Waals surface area contributed by atoms with Gasteiger partial charge < -0.3 is 15.2 Å². The number of thiocarbonyl (C=S) groups is 1. The summed E-state index contributed by atoms with van der Waals surface area (Å²) in [4.78, 5) is 12.3. The van der Waals surface area contributed by atoms with Crippen molar-refractivity contribution in [2.75, 3.05) is 12.4 Å². The monoisotopic (exact) mass is 367 g/mol. The molecule has 0 spiro atoms. The van der Waals surface area contributed by atoms with Gasteiger partial charge in [-0.3, -0.25) is 15.6 Å². The van der Waals surface area contributed by atoms with E-state index >= 15 is 0 Å². The fraction of sp³-hybridized carbons (Fsp3) is 0.0526. The maximum Gasteiger partial charge on any atom is 0.273 e. The highest BCUT2D eigenvalue weighted by Crippen LogP contribution is 2.24. The molecule has 132 valence electrons. The Bertz CT molecular complexity index is 975. The fourth-order valence-corrected chi connectivity index (χ4v) is 2.62. The second kappa shape index (κ2) is 7.71. The van der Waals surface area contributed by atoms with E-state index in [1.54, 1.807) is 25.3 Å². The Hall–Kier alpha value is -3.32. The van der Waals surface area contributed by atoms with E-state index in [2.05, 4.69) is 16.2 Å². The van der Waals surface area contributed by atoms with E-state index < -0.39 is 5.91 Å². The number of anilines is 1. The number of carbonyl (C=O) groups is 1.